The SMILES string of the molecule is CN1CC(Cl)SC1c1ccccc1. The van der Waals surface area contributed by atoms with Crippen LogP contribution in [0.25, 0.3) is 0 Å². The van der Waals surface area contributed by atoms with Crippen LogP contribution in [0.3, 0.4) is 0 Å². The number of hydrogen-bond acceptors (Lipinski definition) is 2. The molecule has 0 amide bonds. The van der Waals surface area contributed by atoms with Crippen molar-refractivity contribution in [2.75, 3.05) is 13.6 Å². The number of thioether (sulfide) groups is 1. The van der Waals surface area contributed by atoms with E-state index >= 15 is 0 Å². The zero-order chi connectivity index (χ0) is 9.26. The number of rotatable bonds is 1. The summed E-state index contributed by atoms with van der Waals surface area (Å²) in [6, 6.07) is 10.5. The predicted molar refractivity (Wildman–Crippen MR) is 59.0 cm³/mol. The van der Waals surface area contributed by atoms with Crippen molar-refractivity contribution >= 4 is 23.4 Å². The topological polar surface area (TPSA) is 3.24 Å². The molecule has 1 fully saturated rings. The van der Waals surface area contributed by atoms with Crippen molar-refractivity contribution in [2.24, 2.45) is 0 Å². The van der Waals surface area contributed by atoms with Crippen molar-refractivity contribution in [3.8, 4) is 0 Å². The maximum Gasteiger partial charge on any atom is 0.0934 e. The Bertz CT molecular complexity index is 278. The Balaban J connectivity index is 2.18. The number of hydrogen-bond donors (Lipinski definition) is 0. The maximum atomic E-state index is 6.07. The molecule has 1 aliphatic rings. The molecular weight excluding hydrogens is 202 g/mol. The van der Waals surface area contributed by atoms with E-state index in [1.807, 2.05) is 17.8 Å². The molecule has 0 saturated carbocycles. The Morgan fingerprint density at radius 3 is 2.62 bits per heavy atom. The molecule has 13 heavy (non-hydrogen) atoms. The van der Waals surface area contributed by atoms with E-state index < -0.39 is 0 Å². The van der Waals surface area contributed by atoms with Crippen molar-refractivity contribution in [1.29, 1.82) is 0 Å². The Morgan fingerprint density at radius 2 is 2.08 bits per heavy atom. The Labute approximate surface area is 88.1 Å². The highest BCUT2D eigenvalue weighted by Gasteiger charge is 2.29. The van der Waals surface area contributed by atoms with Crippen LogP contribution in [0.4, 0.5) is 0 Å². The first kappa shape index (κ1) is 9.38. The highest BCUT2D eigenvalue weighted by molar-refractivity contribution is 8.01. The minimum atomic E-state index is 0.232. The van der Waals surface area contributed by atoms with E-state index in [1.165, 1.54) is 5.56 Å². The van der Waals surface area contributed by atoms with Gasteiger partial charge in [0.15, 0.2) is 0 Å². The summed E-state index contributed by atoms with van der Waals surface area (Å²) < 4.78 is 0.232. The van der Waals surface area contributed by atoms with Gasteiger partial charge in [0.1, 0.15) is 0 Å². The molecule has 1 heterocycles. The average Bonchev–Trinajstić information content (AvgIpc) is 2.47. The lowest BCUT2D eigenvalue weighted by molar-refractivity contribution is 0.354. The molecule has 0 bridgehead atoms. The van der Waals surface area contributed by atoms with Gasteiger partial charge in [-0.05, 0) is 12.6 Å². The molecule has 1 nitrogen and oxygen atoms in total. The molecule has 1 saturated heterocycles. The van der Waals surface area contributed by atoms with Crippen LogP contribution in [0.15, 0.2) is 30.3 Å². The van der Waals surface area contributed by atoms with Crippen molar-refractivity contribution < 1.29 is 0 Å². The molecule has 1 aromatic rings. The molecule has 0 spiro atoms. The molecule has 2 unspecified atom stereocenters. The second kappa shape index (κ2) is 3.91. The third kappa shape index (κ3) is 2.01. The van der Waals surface area contributed by atoms with Crippen molar-refractivity contribution in [3.05, 3.63) is 35.9 Å². The lowest BCUT2D eigenvalue weighted by Crippen LogP contribution is -2.17. The van der Waals surface area contributed by atoms with Gasteiger partial charge in [-0.25, -0.2) is 0 Å². The third-order valence-electron chi connectivity index (χ3n) is 2.19. The predicted octanol–water partition coefficient (Wildman–Crippen LogP) is 2.93. The Hall–Kier alpha value is -0.180. The van der Waals surface area contributed by atoms with E-state index in [2.05, 4.69) is 36.2 Å². The average molecular weight is 214 g/mol. The largest absolute Gasteiger partial charge is 0.288 e. The maximum absolute atomic E-state index is 6.07. The second-order valence-electron chi connectivity index (χ2n) is 3.25. The van der Waals surface area contributed by atoms with Gasteiger partial charge in [-0.15, -0.1) is 23.4 Å². The zero-order valence-electron chi connectivity index (χ0n) is 7.48. The number of alkyl halides is 1. The fourth-order valence-corrected chi connectivity index (χ4v) is 3.28. The molecule has 0 N–H and O–H groups in total. The lowest BCUT2D eigenvalue weighted by atomic mass is 10.2. The van der Waals surface area contributed by atoms with Crippen LogP contribution in [0, 0.1) is 0 Å². The van der Waals surface area contributed by atoms with E-state index in [-0.39, 0.29) is 4.71 Å². The summed E-state index contributed by atoms with van der Waals surface area (Å²) in [5, 5.41) is 0.434. The van der Waals surface area contributed by atoms with E-state index in [9.17, 15) is 0 Å². The lowest BCUT2D eigenvalue weighted by Gasteiger charge is -2.17. The summed E-state index contributed by atoms with van der Waals surface area (Å²) in [4.78, 5) is 2.29. The molecule has 0 aromatic heterocycles. The highest BCUT2D eigenvalue weighted by atomic mass is 35.5. The summed E-state index contributed by atoms with van der Waals surface area (Å²) >= 11 is 7.89. The van der Waals surface area contributed by atoms with Crippen LogP contribution in [-0.2, 0) is 0 Å². The number of nitrogens with zero attached hydrogens (tertiary/aromatic N) is 1. The third-order valence-corrected chi connectivity index (χ3v) is 3.97. The van der Waals surface area contributed by atoms with Crippen molar-refractivity contribution in [1.82, 2.24) is 4.90 Å². The van der Waals surface area contributed by atoms with Crippen molar-refractivity contribution in [3.63, 3.8) is 0 Å². The van der Waals surface area contributed by atoms with Crippen LogP contribution in [0.2, 0.25) is 0 Å². The molecule has 2 atom stereocenters. The molecule has 0 radical (unpaired) electrons. The molecule has 70 valence electrons. The van der Waals surface area contributed by atoms with E-state index in [4.69, 9.17) is 11.6 Å². The van der Waals surface area contributed by atoms with Crippen LogP contribution < -0.4 is 0 Å². The van der Waals surface area contributed by atoms with Crippen LogP contribution in [-0.4, -0.2) is 23.2 Å². The van der Waals surface area contributed by atoms with E-state index in [0.29, 0.717) is 5.37 Å². The minimum Gasteiger partial charge on any atom is -0.288 e. The molecule has 1 aromatic carbocycles. The van der Waals surface area contributed by atoms with Crippen molar-refractivity contribution in [2.45, 2.75) is 10.1 Å². The van der Waals surface area contributed by atoms with Gasteiger partial charge in [-0.3, -0.25) is 4.90 Å². The van der Waals surface area contributed by atoms with Gasteiger partial charge in [0.25, 0.3) is 0 Å². The van der Waals surface area contributed by atoms with Gasteiger partial charge in [-0.2, -0.15) is 0 Å². The fraction of sp³-hybridized carbons (Fsp3) is 0.400. The van der Waals surface area contributed by atoms with E-state index in [1.54, 1.807) is 0 Å². The summed E-state index contributed by atoms with van der Waals surface area (Å²) in [6.45, 7) is 0.964. The van der Waals surface area contributed by atoms with Crippen LogP contribution in [0.1, 0.15) is 10.9 Å². The Kier molecular flexibility index (Phi) is 2.82. The first-order chi connectivity index (χ1) is 6.27. The molecule has 2 rings (SSSR count). The summed E-state index contributed by atoms with van der Waals surface area (Å²) in [7, 11) is 2.12. The first-order valence-electron chi connectivity index (χ1n) is 4.32. The summed E-state index contributed by atoms with van der Waals surface area (Å²) in [6.07, 6.45) is 0. The number of halogens is 1. The molecular formula is C10H12ClNS. The second-order valence-corrected chi connectivity index (χ2v) is 5.32. The minimum absolute atomic E-state index is 0.232. The standard InChI is InChI=1S/C10H12ClNS/c1-12-7-9(11)13-10(12)8-5-3-2-4-6-8/h2-6,9-10H,7H2,1H3. The first-order valence-corrected chi connectivity index (χ1v) is 5.70. The van der Waals surface area contributed by atoms with Gasteiger partial charge in [0.2, 0.25) is 0 Å². The normalized spacial score (nSPS) is 29.4. The highest BCUT2D eigenvalue weighted by Crippen LogP contribution is 2.42. The number of benzene rings is 1. The quantitative estimate of drug-likeness (QED) is 0.660. The van der Waals surface area contributed by atoms with Gasteiger partial charge in [0, 0.05) is 6.54 Å². The monoisotopic (exact) mass is 213 g/mol. The van der Waals surface area contributed by atoms with Gasteiger partial charge in [0.05, 0.1) is 10.1 Å². The summed E-state index contributed by atoms with van der Waals surface area (Å²) in [5.74, 6) is 0. The fourth-order valence-electron chi connectivity index (χ4n) is 1.56. The van der Waals surface area contributed by atoms with Crippen LogP contribution >= 0.6 is 23.4 Å². The van der Waals surface area contributed by atoms with Gasteiger partial charge < -0.3 is 0 Å². The smallest absolute Gasteiger partial charge is 0.0934 e. The zero-order valence-corrected chi connectivity index (χ0v) is 9.05. The summed E-state index contributed by atoms with van der Waals surface area (Å²) in [5.41, 5.74) is 1.35. The Morgan fingerprint density at radius 1 is 1.38 bits per heavy atom. The molecule has 0 aliphatic carbocycles. The molecule has 1 aliphatic heterocycles. The van der Waals surface area contributed by atoms with Gasteiger partial charge >= 0.3 is 0 Å². The molecule has 3 heteroatoms. The van der Waals surface area contributed by atoms with Gasteiger partial charge in [-0.1, -0.05) is 30.3 Å². The van der Waals surface area contributed by atoms with Crippen LogP contribution in [0.5, 0.6) is 0 Å². The van der Waals surface area contributed by atoms with E-state index in [0.717, 1.165) is 6.54 Å².